The van der Waals surface area contributed by atoms with Gasteiger partial charge < -0.3 is 10.1 Å². The molecule has 1 aromatic heterocycles. The lowest BCUT2D eigenvalue weighted by Gasteiger charge is -2.15. The maximum Gasteiger partial charge on any atom is 0.340 e. The number of nitrogens with one attached hydrogen (secondary N) is 1. The lowest BCUT2D eigenvalue weighted by atomic mass is 10.4. The van der Waals surface area contributed by atoms with E-state index in [1.54, 1.807) is 0 Å². The molecular weight excluding hydrogens is 266 g/mol. The molecular formula is C11H15F4N3O. The van der Waals surface area contributed by atoms with Crippen LogP contribution in [0.4, 0.5) is 17.6 Å². The summed E-state index contributed by atoms with van der Waals surface area (Å²) in [5.74, 6) is -4.40. The number of halogens is 4. The molecule has 0 bridgehead atoms. The van der Waals surface area contributed by atoms with E-state index in [1.807, 2.05) is 6.92 Å². The topological polar surface area (TPSA) is 47.0 Å². The Morgan fingerprint density at radius 2 is 2.05 bits per heavy atom. The SMILES string of the molecule is CCCNCc1cnc(OCC(F)(F)C(F)F)cn1. The first-order valence-electron chi connectivity index (χ1n) is 5.76. The van der Waals surface area contributed by atoms with Gasteiger partial charge in [0.15, 0.2) is 6.61 Å². The third-order valence-corrected chi connectivity index (χ3v) is 2.15. The van der Waals surface area contributed by atoms with Crippen molar-refractivity contribution in [3.8, 4) is 5.88 Å². The monoisotopic (exact) mass is 281 g/mol. The second-order valence-corrected chi connectivity index (χ2v) is 3.87. The third kappa shape index (κ3) is 5.37. The standard InChI is InChI=1S/C11H15F4N3O/c1-2-3-16-4-8-5-18-9(6-17-8)19-7-11(14,15)10(12)13/h5-6,10,16H,2-4,7H2,1H3. The summed E-state index contributed by atoms with van der Waals surface area (Å²) in [7, 11) is 0. The van der Waals surface area contributed by atoms with Gasteiger partial charge in [-0.25, -0.2) is 13.8 Å². The van der Waals surface area contributed by atoms with Crippen molar-refractivity contribution >= 4 is 0 Å². The van der Waals surface area contributed by atoms with E-state index in [0.717, 1.165) is 19.2 Å². The Balaban J connectivity index is 2.44. The van der Waals surface area contributed by atoms with E-state index in [4.69, 9.17) is 0 Å². The molecule has 1 aromatic rings. The van der Waals surface area contributed by atoms with E-state index in [0.29, 0.717) is 12.2 Å². The van der Waals surface area contributed by atoms with Crippen LogP contribution in [0.15, 0.2) is 12.4 Å². The van der Waals surface area contributed by atoms with Gasteiger partial charge in [0, 0.05) is 6.54 Å². The molecule has 0 radical (unpaired) electrons. The summed E-state index contributed by atoms with van der Waals surface area (Å²) in [6.45, 7) is 1.90. The van der Waals surface area contributed by atoms with Crippen LogP contribution in [0.5, 0.6) is 5.88 Å². The van der Waals surface area contributed by atoms with Gasteiger partial charge in [-0.3, -0.25) is 4.98 Å². The largest absolute Gasteiger partial charge is 0.470 e. The normalized spacial score (nSPS) is 11.9. The van der Waals surface area contributed by atoms with Crippen molar-refractivity contribution in [3.63, 3.8) is 0 Å². The number of alkyl halides is 4. The molecule has 0 aromatic carbocycles. The summed E-state index contributed by atoms with van der Waals surface area (Å²) in [4.78, 5) is 7.63. The highest BCUT2D eigenvalue weighted by atomic mass is 19.3. The molecule has 0 aliphatic carbocycles. The highest BCUT2D eigenvalue weighted by Crippen LogP contribution is 2.23. The summed E-state index contributed by atoms with van der Waals surface area (Å²) < 4.78 is 53.4. The third-order valence-electron chi connectivity index (χ3n) is 2.15. The minimum Gasteiger partial charge on any atom is -0.470 e. The average molecular weight is 281 g/mol. The Morgan fingerprint density at radius 1 is 1.32 bits per heavy atom. The number of hydrogen-bond acceptors (Lipinski definition) is 4. The quantitative estimate of drug-likeness (QED) is 0.586. The number of rotatable bonds is 8. The molecule has 4 nitrogen and oxygen atoms in total. The summed E-state index contributed by atoms with van der Waals surface area (Å²) in [5, 5.41) is 3.08. The molecule has 0 spiro atoms. The van der Waals surface area contributed by atoms with Gasteiger partial charge >= 0.3 is 12.3 Å². The molecule has 0 atom stereocenters. The van der Waals surface area contributed by atoms with Crippen molar-refractivity contribution in [3.05, 3.63) is 18.1 Å². The van der Waals surface area contributed by atoms with Crippen molar-refractivity contribution in [1.29, 1.82) is 0 Å². The highest BCUT2D eigenvalue weighted by molar-refractivity contribution is 5.07. The molecule has 8 heteroatoms. The fourth-order valence-corrected chi connectivity index (χ4v) is 1.14. The Kier molecular flexibility index (Phi) is 5.94. The van der Waals surface area contributed by atoms with E-state index in [-0.39, 0.29) is 5.88 Å². The summed E-state index contributed by atoms with van der Waals surface area (Å²) in [5.41, 5.74) is 0.612. The van der Waals surface area contributed by atoms with Crippen LogP contribution in [-0.2, 0) is 6.54 Å². The van der Waals surface area contributed by atoms with Crippen molar-refractivity contribution in [2.24, 2.45) is 0 Å². The average Bonchev–Trinajstić information content (AvgIpc) is 2.38. The molecule has 0 saturated carbocycles. The zero-order valence-corrected chi connectivity index (χ0v) is 10.4. The van der Waals surface area contributed by atoms with Gasteiger partial charge in [0.2, 0.25) is 5.88 Å². The Morgan fingerprint density at radius 3 is 2.58 bits per heavy atom. The number of hydrogen-bond donors (Lipinski definition) is 1. The Bertz CT molecular complexity index is 373. The zero-order valence-electron chi connectivity index (χ0n) is 10.4. The molecule has 0 unspecified atom stereocenters. The van der Waals surface area contributed by atoms with E-state index < -0.39 is 19.0 Å². The van der Waals surface area contributed by atoms with E-state index in [2.05, 4.69) is 20.0 Å². The second-order valence-electron chi connectivity index (χ2n) is 3.87. The van der Waals surface area contributed by atoms with Crippen LogP contribution in [0.25, 0.3) is 0 Å². The number of ether oxygens (including phenoxy) is 1. The van der Waals surface area contributed by atoms with Crippen LogP contribution >= 0.6 is 0 Å². The van der Waals surface area contributed by atoms with Gasteiger partial charge in [-0.2, -0.15) is 8.78 Å². The first-order chi connectivity index (χ1) is 8.95. The van der Waals surface area contributed by atoms with E-state index in [9.17, 15) is 17.6 Å². The van der Waals surface area contributed by atoms with Gasteiger partial charge in [-0.05, 0) is 13.0 Å². The maximum atomic E-state index is 12.6. The summed E-state index contributed by atoms with van der Waals surface area (Å²) >= 11 is 0. The fourth-order valence-electron chi connectivity index (χ4n) is 1.14. The Labute approximate surface area is 108 Å². The van der Waals surface area contributed by atoms with Gasteiger partial charge in [-0.1, -0.05) is 6.92 Å². The summed E-state index contributed by atoms with van der Waals surface area (Å²) in [6, 6.07) is 0. The van der Waals surface area contributed by atoms with Crippen LogP contribution in [0, 0.1) is 0 Å². The van der Waals surface area contributed by atoms with Gasteiger partial charge in [0.05, 0.1) is 18.1 Å². The maximum absolute atomic E-state index is 12.6. The molecule has 19 heavy (non-hydrogen) atoms. The van der Waals surface area contributed by atoms with Crippen molar-refractivity contribution in [2.75, 3.05) is 13.2 Å². The molecule has 0 aliphatic heterocycles. The van der Waals surface area contributed by atoms with Crippen LogP contribution in [-0.4, -0.2) is 35.5 Å². The van der Waals surface area contributed by atoms with Gasteiger partial charge in [0.1, 0.15) is 0 Å². The fraction of sp³-hybridized carbons (Fsp3) is 0.636. The highest BCUT2D eigenvalue weighted by Gasteiger charge is 2.41. The number of nitrogens with zero attached hydrogens (tertiary/aromatic N) is 2. The molecule has 108 valence electrons. The molecule has 0 saturated heterocycles. The first kappa shape index (κ1) is 15.6. The predicted molar refractivity (Wildman–Crippen MR) is 60.5 cm³/mol. The van der Waals surface area contributed by atoms with Crippen molar-refractivity contribution in [2.45, 2.75) is 32.2 Å². The van der Waals surface area contributed by atoms with Crippen LogP contribution < -0.4 is 10.1 Å². The Hall–Kier alpha value is -1.44. The van der Waals surface area contributed by atoms with Crippen molar-refractivity contribution < 1.29 is 22.3 Å². The van der Waals surface area contributed by atoms with Crippen LogP contribution in [0.1, 0.15) is 19.0 Å². The number of aromatic nitrogens is 2. The minimum absolute atomic E-state index is 0.209. The summed E-state index contributed by atoms with van der Waals surface area (Å²) in [6.07, 6.45) is -0.321. The molecule has 0 fully saturated rings. The first-order valence-corrected chi connectivity index (χ1v) is 5.76. The predicted octanol–water partition coefficient (Wildman–Crippen LogP) is 2.26. The zero-order chi connectivity index (χ0) is 14.3. The second kappa shape index (κ2) is 7.22. The molecule has 0 amide bonds. The molecule has 1 heterocycles. The van der Waals surface area contributed by atoms with Crippen LogP contribution in [0.3, 0.4) is 0 Å². The van der Waals surface area contributed by atoms with E-state index >= 15 is 0 Å². The minimum atomic E-state index is -4.19. The lowest BCUT2D eigenvalue weighted by molar-refractivity contribution is -0.148. The molecule has 1 N–H and O–H groups in total. The van der Waals surface area contributed by atoms with Gasteiger partial charge in [-0.15, -0.1) is 0 Å². The van der Waals surface area contributed by atoms with Crippen molar-refractivity contribution in [1.82, 2.24) is 15.3 Å². The lowest BCUT2D eigenvalue weighted by Crippen LogP contribution is -2.33. The van der Waals surface area contributed by atoms with E-state index in [1.165, 1.54) is 6.20 Å². The smallest absolute Gasteiger partial charge is 0.340 e. The van der Waals surface area contributed by atoms with Crippen LogP contribution in [0.2, 0.25) is 0 Å². The van der Waals surface area contributed by atoms with Gasteiger partial charge in [0.25, 0.3) is 0 Å². The molecule has 1 rings (SSSR count). The molecule has 0 aliphatic rings.